The van der Waals surface area contributed by atoms with Gasteiger partial charge in [-0.25, -0.2) is 9.78 Å². The number of aryl methyl sites for hydroxylation is 2. The van der Waals surface area contributed by atoms with Crippen molar-refractivity contribution in [1.82, 2.24) is 10.1 Å². The molecular formula is C17H16N2O4S. The van der Waals surface area contributed by atoms with Gasteiger partial charge < -0.3 is 14.0 Å². The Bertz CT molecular complexity index is 832. The van der Waals surface area contributed by atoms with Crippen LogP contribution in [0.5, 0.6) is 5.75 Å². The second-order valence-electron chi connectivity index (χ2n) is 5.15. The van der Waals surface area contributed by atoms with Crippen molar-refractivity contribution in [2.75, 3.05) is 7.11 Å². The maximum atomic E-state index is 12.1. The average Bonchev–Trinajstić information content (AvgIpc) is 3.20. The molecular weight excluding hydrogens is 328 g/mol. The SMILES string of the molecule is COc1ccc(-c2nc(COC(=O)c3c(C)noc3C)cs2)cc1. The van der Waals surface area contributed by atoms with E-state index in [1.165, 1.54) is 11.3 Å². The number of carbonyl (C=O) groups excluding carboxylic acids is 1. The maximum Gasteiger partial charge on any atom is 0.344 e. The zero-order chi connectivity index (χ0) is 17.1. The number of aromatic nitrogens is 2. The molecule has 0 fully saturated rings. The molecule has 0 spiro atoms. The van der Waals surface area contributed by atoms with Crippen molar-refractivity contribution < 1.29 is 18.8 Å². The van der Waals surface area contributed by atoms with E-state index in [4.69, 9.17) is 14.0 Å². The van der Waals surface area contributed by atoms with Crippen LogP contribution in [0.25, 0.3) is 10.6 Å². The van der Waals surface area contributed by atoms with E-state index in [0.29, 0.717) is 22.7 Å². The lowest BCUT2D eigenvalue weighted by Gasteiger charge is -2.02. The highest BCUT2D eigenvalue weighted by atomic mass is 32.1. The van der Waals surface area contributed by atoms with Crippen molar-refractivity contribution in [1.29, 1.82) is 0 Å². The van der Waals surface area contributed by atoms with Gasteiger partial charge in [-0.3, -0.25) is 0 Å². The predicted molar refractivity (Wildman–Crippen MR) is 89.2 cm³/mol. The fourth-order valence-corrected chi connectivity index (χ4v) is 3.04. The molecule has 0 radical (unpaired) electrons. The largest absolute Gasteiger partial charge is 0.497 e. The number of benzene rings is 1. The quantitative estimate of drug-likeness (QED) is 0.656. The molecule has 1 aromatic carbocycles. The molecule has 0 aliphatic carbocycles. The Morgan fingerprint density at radius 3 is 2.62 bits per heavy atom. The molecule has 0 aliphatic rings. The van der Waals surface area contributed by atoms with E-state index in [2.05, 4.69) is 10.1 Å². The van der Waals surface area contributed by atoms with Gasteiger partial charge >= 0.3 is 5.97 Å². The van der Waals surface area contributed by atoms with Gasteiger partial charge in [0.05, 0.1) is 18.5 Å². The summed E-state index contributed by atoms with van der Waals surface area (Å²) in [6.45, 7) is 3.49. The molecule has 0 N–H and O–H groups in total. The minimum Gasteiger partial charge on any atom is -0.497 e. The summed E-state index contributed by atoms with van der Waals surface area (Å²) >= 11 is 1.50. The van der Waals surface area contributed by atoms with Crippen molar-refractivity contribution in [3.8, 4) is 16.3 Å². The van der Waals surface area contributed by atoms with Gasteiger partial charge in [0.2, 0.25) is 0 Å². The van der Waals surface area contributed by atoms with E-state index in [1.54, 1.807) is 21.0 Å². The molecule has 0 amide bonds. The van der Waals surface area contributed by atoms with Gasteiger partial charge in [0.15, 0.2) is 0 Å². The Labute approximate surface area is 143 Å². The zero-order valence-corrected chi connectivity index (χ0v) is 14.3. The summed E-state index contributed by atoms with van der Waals surface area (Å²) in [7, 11) is 1.63. The van der Waals surface area contributed by atoms with E-state index in [9.17, 15) is 4.79 Å². The Morgan fingerprint density at radius 2 is 2.00 bits per heavy atom. The van der Waals surface area contributed by atoms with Crippen LogP contribution in [-0.4, -0.2) is 23.2 Å². The molecule has 7 heteroatoms. The number of nitrogens with zero attached hydrogens (tertiary/aromatic N) is 2. The summed E-state index contributed by atoms with van der Waals surface area (Å²) in [6.07, 6.45) is 0. The minimum absolute atomic E-state index is 0.107. The number of thiazole rings is 1. The third-order valence-electron chi connectivity index (χ3n) is 3.48. The number of ether oxygens (including phenoxy) is 2. The normalized spacial score (nSPS) is 10.6. The second kappa shape index (κ2) is 6.84. The molecule has 2 heterocycles. The van der Waals surface area contributed by atoms with Crippen LogP contribution < -0.4 is 4.74 Å². The maximum absolute atomic E-state index is 12.1. The van der Waals surface area contributed by atoms with Crippen molar-refractivity contribution >= 4 is 17.3 Å². The van der Waals surface area contributed by atoms with E-state index in [1.807, 2.05) is 29.6 Å². The van der Waals surface area contributed by atoms with Crippen LogP contribution in [0.4, 0.5) is 0 Å². The first kappa shape index (κ1) is 16.2. The minimum atomic E-state index is -0.453. The third kappa shape index (κ3) is 3.30. The van der Waals surface area contributed by atoms with Crippen LogP contribution in [0.1, 0.15) is 27.5 Å². The summed E-state index contributed by atoms with van der Waals surface area (Å²) in [6, 6.07) is 7.65. The number of carbonyl (C=O) groups is 1. The first-order chi connectivity index (χ1) is 11.6. The van der Waals surface area contributed by atoms with Crippen LogP contribution in [0, 0.1) is 13.8 Å². The third-order valence-corrected chi connectivity index (χ3v) is 4.42. The molecule has 0 atom stereocenters. The standard InChI is InChI=1S/C17H16N2O4S/c1-10-15(11(2)23-19-10)17(20)22-8-13-9-24-16(18-13)12-4-6-14(21-3)7-5-12/h4-7,9H,8H2,1-3H3. The monoisotopic (exact) mass is 344 g/mol. The van der Waals surface area contributed by atoms with Gasteiger partial charge in [0.25, 0.3) is 0 Å². The topological polar surface area (TPSA) is 74.5 Å². The molecule has 6 nitrogen and oxygen atoms in total. The van der Waals surface area contributed by atoms with E-state index < -0.39 is 5.97 Å². The van der Waals surface area contributed by atoms with Crippen molar-refractivity contribution in [2.45, 2.75) is 20.5 Å². The number of rotatable bonds is 5. The zero-order valence-electron chi connectivity index (χ0n) is 13.5. The lowest BCUT2D eigenvalue weighted by molar-refractivity contribution is 0.0465. The summed E-state index contributed by atoms with van der Waals surface area (Å²) in [5, 5.41) is 6.49. The van der Waals surface area contributed by atoms with E-state index in [-0.39, 0.29) is 6.61 Å². The molecule has 0 saturated heterocycles. The first-order valence-electron chi connectivity index (χ1n) is 7.27. The van der Waals surface area contributed by atoms with E-state index >= 15 is 0 Å². The lowest BCUT2D eigenvalue weighted by Crippen LogP contribution is -2.07. The summed E-state index contributed by atoms with van der Waals surface area (Å²) in [4.78, 5) is 16.6. The predicted octanol–water partition coefficient (Wildman–Crippen LogP) is 3.78. The molecule has 2 aromatic heterocycles. The van der Waals surface area contributed by atoms with Crippen molar-refractivity contribution in [2.24, 2.45) is 0 Å². The van der Waals surface area contributed by atoms with Gasteiger partial charge in [0, 0.05) is 10.9 Å². The Morgan fingerprint density at radius 1 is 1.25 bits per heavy atom. The number of hydrogen-bond donors (Lipinski definition) is 0. The summed E-state index contributed by atoms with van der Waals surface area (Å²) in [5.74, 6) is 0.795. The van der Waals surface area contributed by atoms with Crippen LogP contribution in [-0.2, 0) is 11.3 Å². The fourth-order valence-electron chi connectivity index (χ4n) is 2.23. The highest BCUT2D eigenvalue weighted by Crippen LogP contribution is 2.26. The molecule has 3 rings (SSSR count). The smallest absolute Gasteiger partial charge is 0.344 e. The van der Waals surface area contributed by atoms with Gasteiger partial charge in [-0.15, -0.1) is 11.3 Å². The highest BCUT2D eigenvalue weighted by molar-refractivity contribution is 7.13. The molecule has 124 valence electrons. The molecule has 0 unspecified atom stereocenters. The first-order valence-corrected chi connectivity index (χ1v) is 8.15. The molecule has 0 bridgehead atoms. The second-order valence-corrected chi connectivity index (χ2v) is 6.01. The fraction of sp³-hybridized carbons (Fsp3) is 0.235. The highest BCUT2D eigenvalue weighted by Gasteiger charge is 2.19. The molecule has 0 saturated carbocycles. The molecule has 24 heavy (non-hydrogen) atoms. The van der Waals surface area contributed by atoms with Gasteiger partial charge in [-0.2, -0.15) is 0 Å². The Kier molecular flexibility index (Phi) is 4.61. The average molecular weight is 344 g/mol. The van der Waals surface area contributed by atoms with Crippen LogP contribution in [0.15, 0.2) is 34.2 Å². The lowest BCUT2D eigenvalue weighted by atomic mass is 10.2. The van der Waals surface area contributed by atoms with Crippen molar-refractivity contribution in [3.05, 3.63) is 52.4 Å². The molecule has 3 aromatic rings. The van der Waals surface area contributed by atoms with E-state index in [0.717, 1.165) is 16.3 Å². The van der Waals surface area contributed by atoms with Crippen LogP contribution >= 0.6 is 11.3 Å². The van der Waals surface area contributed by atoms with Gasteiger partial charge in [0.1, 0.15) is 28.7 Å². The Balaban J connectivity index is 1.67. The molecule has 0 aliphatic heterocycles. The Hall–Kier alpha value is -2.67. The van der Waals surface area contributed by atoms with Crippen LogP contribution in [0.3, 0.4) is 0 Å². The number of hydrogen-bond acceptors (Lipinski definition) is 7. The van der Waals surface area contributed by atoms with Crippen LogP contribution in [0.2, 0.25) is 0 Å². The summed E-state index contributed by atoms with van der Waals surface area (Å²) in [5.41, 5.74) is 2.59. The number of esters is 1. The van der Waals surface area contributed by atoms with Crippen molar-refractivity contribution in [3.63, 3.8) is 0 Å². The van der Waals surface area contributed by atoms with Gasteiger partial charge in [-0.05, 0) is 38.1 Å². The number of methoxy groups -OCH3 is 1. The van der Waals surface area contributed by atoms with Gasteiger partial charge in [-0.1, -0.05) is 5.16 Å². The summed E-state index contributed by atoms with van der Waals surface area (Å²) < 4.78 is 15.4.